The van der Waals surface area contributed by atoms with Crippen molar-refractivity contribution in [3.63, 3.8) is 0 Å². The molecule has 0 saturated carbocycles. The Morgan fingerprint density at radius 2 is 1.50 bits per heavy atom. The zero-order chi connectivity index (χ0) is 20.4. The molecular formula is C22H24O6. The number of hydrogen-bond acceptors (Lipinski definition) is 6. The van der Waals surface area contributed by atoms with Crippen molar-refractivity contribution >= 4 is 11.9 Å². The molecule has 28 heavy (non-hydrogen) atoms. The first-order valence-corrected chi connectivity index (χ1v) is 8.95. The molecule has 0 bridgehead atoms. The van der Waals surface area contributed by atoms with Gasteiger partial charge in [0.25, 0.3) is 0 Å². The Bertz CT molecular complexity index is 829. The van der Waals surface area contributed by atoms with Crippen molar-refractivity contribution in [2.45, 2.75) is 25.0 Å². The van der Waals surface area contributed by atoms with Crippen molar-refractivity contribution in [2.75, 3.05) is 21.3 Å². The fourth-order valence-electron chi connectivity index (χ4n) is 3.93. The van der Waals surface area contributed by atoms with Gasteiger partial charge in [-0.1, -0.05) is 42.5 Å². The molecule has 2 aromatic carbocycles. The lowest BCUT2D eigenvalue weighted by molar-refractivity contribution is -0.174. The van der Waals surface area contributed by atoms with E-state index in [2.05, 4.69) is 0 Å². The predicted octanol–water partition coefficient (Wildman–Crippen LogP) is 3.40. The van der Waals surface area contributed by atoms with Crippen LogP contribution in [0.4, 0.5) is 0 Å². The van der Waals surface area contributed by atoms with Gasteiger partial charge in [0, 0.05) is 6.42 Å². The standard InChI is InChI=1S/C22H24O6/c1-21(16-8-6-5-7-9-16)14-22(19(23)26-3,20(24)27-4)18(28-21)15-10-12-17(25-2)13-11-15/h5-13,18H,14H2,1-4H3/t18-,21-/m1/s1. The number of hydrogen-bond donors (Lipinski definition) is 0. The number of ether oxygens (including phenoxy) is 4. The SMILES string of the molecule is COC(=O)C1(C(=O)OC)C[C@](C)(c2ccccc2)O[C@@H]1c1ccc(OC)cc1. The third-order valence-electron chi connectivity index (χ3n) is 5.34. The summed E-state index contributed by atoms with van der Waals surface area (Å²) in [7, 11) is 4.09. The van der Waals surface area contributed by atoms with E-state index in [1.54, 1.807) is 31.4 Å². The number of esters is 2. The summed E-state index contributed by atoms with van der Waals surface area (Å²) in [5.41, 5.74) is -0.976. The number of benzene rings is 2. The Labute approximate surface area is 164 Å². The van der Waals surface area contributed by atoms with Gasteiger partial charge >= 0.3 is 11.9 Å². The third-order valence-corrected chi connectivity index (χ3v) is 5.34. The van der Waals surface area contributed by atoms with Gasteiger partial charge in [0.15, 0.2) is 5.41 Å². The van der Waals surface area contributed by atoms with E-state index < -0.39 is 29.1 Å². The summed E-state index contributed by atoms with van der Waals surface area (Å²) in [5.74, 6) is -0.700. The Kier molecular flexibility index (Phi) is 5.42. The molecule has 148 valence electrons. The van der Waals surface area contributed by atoms with Crippen LogP contribution in [0.5, 0.6) is 5.75 Å². The van der Waals surface area contributed by atoms with Crippen molar-refractivity contribution in [3.8, 4) is 5.75 Å². The van der Waals surface area contributed by atoms with E-state index in [0.29, 0.717) is 11.3 Å². The van der Waals surface area contributed by atoms with Crippen molar-refractivity contribution < 1.29 is 28.5 Å². The minimum atomic E-state index is -1.62. The van der Waals surface area contributed by atoms with Gasteiger partial charge in [-0.3, -0.25) is 9.59 Å². The fourth-order valence-corrected chi connectivity index (χ4v) is 3.93. The Balaban J connectivity index is 2.16. The highest BCUT2D eigenvalue weighted by atomic mass is 16.6. The molecule has 1 saturated heterocycles. The Morgan fingerprint density at radius 3 is 2.00 bits per heavy atom. The minimum Gasteiger partial charge on any atom is -0.497 e. The van der Waals surface area contributed by atoms with Crippen LogP contribution in [0.1, 0.15) is 30.6 Å². The molecule has 2 atom stereocenters. The average molecular weight is 384 g/mol. The lowest BCUT2D eigenvalue weighted by atomic mass is 9.73. The van der Waals surface area contributed by atoms with Gasteiger partial charge in [0.2, 0.25) is 0 Å². The Morgan fingerprint density at radius 1 is 0.929 bits per heavy atom. The third kappa shape index (κ3) is 3.14. The summed E-state index contributed by atoms with van der Waals surface area (Å²) < 4.78 is 21.7. The van der Waals surface area contributed by atoms with Crippen LogP contribution < -0.4 is 4.74 Å². The smallest absolute Gasteiger partial charge is 0.326 e. The summed E-state index contributed by atoms with van der Waals surface area (Å²) in [6.45, 7) is 1.87. The highest BCUT2D eigenvalue weighted by Crippen LogP contribution is 2.57. The summed E-state index contributed by atoms with van der Waals surface area (Å²) in [6.07, 6.45) is -0.774. The first-order valence-electron chi connectivity index (χ1n) is 8.95. The summed E-state index contributed by atoms with van der Waals surface area (Å²) in [6, 6.07) is 16.6. The second-order valence-electron chi connectivity index (χ2n) is 7.00. The molecule has 2 aromatic rings. The monoisotopic (exact) mass is 384 g/mol. The highest BCUT2D eigenvalue weighted by Gasteiger charge is 2.65. The van der Waals surface area contributed by atoms with Crippen LogP contribution in [-0.4, -0.2) is 33.3 Å². The summed E-state index contributed by atoms with van der Waals surface area (Å²) in [5, 5.41) is 0. The van der Waals surface area contributed by atoms with E-state index in [4.69, 9.17) is 18.9 Å². The molecule has 0 radical (unpaired) electrons. The number of carbonyl (C=O) groups excluding carboxylic acids is 2. The summed E-state index contributed by atoms with van der Waals surface area (Å²) in [4.78, 5) is 25.9. The number of rotatable bonds is 5. The van der Waals surface area contributed by atoms with E-state index in [0.717, 1.165) is 5.56 Å². The van der Waals surface area contributed by atoms with Crippen molar-refractivity contribution in [3.05, 3.63) is 65.7 Å². The first kappa shape index (κ1) is 19.9. The largest absolute Gasteiger partial charge is 0.497 e. The van der Waals surface area contributed by atoms with E-state index in [9.17, 15) is 9.59 Å². The lowest BCUT2D eigenvalue weighted by Crippen LogP contribution is -2.44. The maximum Gasteiger partial charge on any atom is 0.326 e. The van der Waals surface area contributed by atoms with Crippen LogP contribution >= 0.6 is 0 Å². The van der Waals surface area contributed by atoms with Crippen molar-refractivity contribution in [1.29, 1.82) is 0 Å². The molecule has 0 spiro atoms. The van der Waals surface area contributed by atoms with Gasteiger partial charge in [-0.05, 0) is 30.2 Å². The molecule has 0 aromatic heterocycles. The molecule has 3 rings (SSSR count). The second kappa shape index (κ2) is 7.64. The van der Waals surface area contributed by atoms with Crippen LogP contribution in [0.3, 0.4) is 0 Å². The molecule has 6 heteroatoms. The van der Waals surface area contributed by atoms with Crippen LogP contribution in [-0.2, 0) is 29.4 Å². The molecule has 1 aliphatic rings. The van der Waals surface area contributed by atoms with E-state index in [1.165, 1.54) is 14.2 Å². The predicted molar refractivity (Wildman–Crippen MR) is 102 cm³/mol. The van der Waals surface area contributed by atoms with E-state index in [1.807, 2.05) is 37.3 Å². The molecule has 1 aliphatic heterocycles. The zero-order valence-electron chi connectivity index (χ0n) is 16.4. The molecule has 0 aliphatic carbocycles. The number of methoxy groups -OCH3 is 3. The molecule has 0 N–H and O–H groups in total. The molecule has 0 unspecified atom stereocenters. The van der Waals surface area contributed by atoms with Gasteiger partial charge in [-0.25, -0.2) is 0 Å². The minimum absolute atomic E-state index is 0.0973. The topological polar surface area (TPSA) is 71.1 Å². The van der Waals surface area contributed by atoms with Crippen LogP contribution in [0.25, 0.3) is 0 Å². The second-order valence-corrected chi connectivity index (χ2v) is 7.00. The maximum atomic E-state index is 12.9. The van der Waals surface area contributed by atoms with Crippen LogP contribution in [0, 0.1) is 5.41 Å². The van der Waals surface area contributed by atoms with E-state index in [-0.39, 0.29) is 6.42 Å². The van der Waals surface area contributed by atoms with Gasteiger partial charge in [0.1, 0.15) is 11.9 Å². The maximum absolute atomic E-state index is 12.9. The van der Waals surface area contributed by atoms with Crippen molar-refractivity contribution in [2.24, 2.45) is 5.41 Å². The number of carbonyl (C=O) groups is 2. The molecular weight excluding hydrogens is 360 g/mol. The lowest BCUT2D eigenvalue weighted by Gasteiger charge is -2.28. The Hall–Kier alpha value is -2.86. The zero-order valence-corrected chi connectivity index (χ0v) is 16.4. The van der Waals surface area contributed by atoms with E-state index >= 15 is 0 Å². The average Bonchev–Trinajstić information content (AvgIpc) is 3.09. The van der Waals surface area contributed by atoms with Crippen LogP contribution in [0.2, 0.25) is 0 Å². The molecule has 0 amide bonds. The van der Waals surface area contributed by atoms with Gasteiger partial charge in [0.05, 0.1) is 26.9 Å². The van der Waals surface area contributed by atoms with Crippen LogP contribution in [0.15, 0.2) is 54.6 Å². The molecule has 6 nitrogen and oxygen atoms in total. The van der Waals surface area contributed by atoms with Crippen molar-refractivity contribution in [1.82, 2.24) is 0 Å². The van der Waals surface area contributed by atoms with Gasteiger partial charge < -0.3 is 18.9 Å². The first-order chi connectivity index (χ1) is 13.4. The molecule has 1 heterocycles. The highest BCUT2D eigenvalue weighted by molar-refractivity contribution is 6.01. The summed E-state index contributed by atoms with van der Waals surface area (Å²) >= 11 is 0. The quantitative estimate of drug-likeness (QED) is 0.581. The molecule has 1 fully saturated rings. The fraction of sp³-hybridized carbons (Fsp3) is 0.364. The van der Waals surface area contributed by atoms with Gasteiger partial charge in [-0.2, -0.15) is 0 Å². The van der Waals surface area contributed by atoms with Gasteiger partial charge in [-0.15, -0.1) is 0 Å². The normalized spacial score (nSPS) is 23.1.